The number of nitrogens with zero attached hydrogens (tertiary/aromatic N) is 6. The SMILES string of the molecule is COc1ccc(/C=N/Nc2nc(-c3nnn(-c4ccc([N+](=O)[O-])cc4)c3C)cs2)cc1OC. The molecule has 0 bridgehead atoms. The first-order chi connectivity index (χ1) is 16.0. The zero-order valence-electron chi connectivity index (χ0n) is 17.9. The molecule has 12 heteroatoms. The lowest BCUT2D eigenvalue weighted by Crippen LogP contribution is -1.99. The van der Waals surface area contributed by atoms with Crippen LogP contribution in [0.2, 0.25) is 0 Å². The summed E-state index contributed by atoms with van der Waals surface area (Å²) < 4.78 is 12.1. The van der Waals surface area contributed by atoms with E-state index in [-0.39, 0.29) is 5.69 Å². The molecule has 1 N–H and O–H groups in total. The van der Waals surface area contributed by atoms with Crippen LogP contribution in [-0.4, -0.2) is 45.3 Å². The molecule has 168 valence electrons. The van der Waals surface area contributed by atoms with Gasteiger partial charge in [-0.1, -0.05) is 5.21 Å². The van der Waals surface area contributed by atoms with Crippen LogP contribution in [0.15, 0.2) is 52.9 Å². The Hall–Kier alpha value is -4.32. The summed E-state index contributed by atoms with van der Waals surface area (Å²) in [6.07, 6.45) is 1.65. The summed E-state index contributed by atoms with van der Waals surface area (Å²) in [7, 11) is 3.16. The van der Waals surface area contributed by atoms with E-state index in [1.54, 1.807) is 43.3 Å². The van der Waals surface area contributed by atoms with Gasteiger partial charge in [-0.15, -0.1) is 16.4 Å². The first kappa shape index (κ1) is 21.9. The summed E-state index contributed by atoms with van der Waals surface area (Å²) in [4.78, 5) is 14.9. The van der Waals surface area contributed by atoms with Gasteiger partial charge in [-0.05, 0) is 42.8 Å². The molecule has 4 rings (SSSR count). The Kier molecular flexibility index (Phi) is 6.26. The molecule has 2 aromatic carbocycles. The van der Waals surface area contributed by atoms with Gasteiger partial charge in [0.05, 0.1) is 36.7 Å². The molecule has 0 saturated heterocycles. The summed E-state index contributed by atoms with van der Waals surface area (Å²) in [6, 6.07) is 11.6. The van der Waals surface area contributed by atoms with E-state index in [0.29, 0.717) is 33.7 Å². The molecular formula is C21H19N7O4S. The highest BCUT2D eigenvalue weighted by atomic mass is 32.1. The number of nitro groups is 1. The molecule has 0 spiro atoms. The maximum Gasteiger partial charge on any atom is 0.269 e. The highest BCUT2D eigenvalue weighted by molar-refractivity contribution is 7.14. The van der Waals surface area contributed by atoms with E-state index in [2.05, 4.69) is 25.8 Å². The van der Waals surface area contributed by atoms with Crippen molar-refractivity contribution in [3.05, 3.63) is 69.2 Å². The second kappa shape index (κ2) is 9.44. The Balaban J connectivity index is 1.48. The number of nitrogens with one attached hydrogen (secondary N) is 1. The van der Waals surface area contributed by atoms with Crippen LogP contribution >= 0.6 is 11.3 Å². The Bertz CT molecular complexity index is 1310. The van der Waals surface area contributed by atoms with Crippen LogP contribution in [0, 0.1) is 17.0 Å². The smallest absolute Gasteiger partial charge is 0.269 e. The van der Waals surface area contributed by atoms with Gasteiger partial charge in [0.25, 0.3) is 5.69 Å². The fraction of sp³-hybridized carbons (Fsp3) is 0.143. The largest absolute Gasteiger partial charge is 0.493 e. The number of ether oxygens (including phenoxy) is 2. The highest BCUT2D eigenvalue weighted by Crippen LogP contribution is 2.28. The first-order valence-electron chi connectivity index (χ1n) is 9.64. The van der Waals surface area contributed by atoms with E-state index in [9.17, 15) is 10.1 Å². The fourth-order valence-electron chi connectivity index (χ4n) is 3.06. The zero-order valence-corrected chi connectivity index (χ0v) is 18.7. The van der Waals surface area contributed by atoms with Gasteiger partial charge < -0.3 is 9.47 Å². The molecule has 0 amide bonds. The van der Waals surface area contributed by atoms with Crippen molar-refractivity contribution in [2.45, 2.75) is 6.92 Å². The number of methoxy groups -OCH3 is 2. The molecule has 33 heavy (non-hydrogen) atoms. The van der Waals surface area contributed by atoms with Crippen molar-refractivity contribution in [2.24, 2.45) is 5.10 Å². The molecule has 0 aliphatic rings. The number of nitro benzene ring substituents is 1. The van der Waals surface area contributed by atoms with Gasteiger partial charge in [0.1, 0.15) is 11.4 Å². The first-order valence-corrected chi connectivity index (χ1v) is 10.5. The lowest BCUT2D eigenvalue weighted by molar-refractivity contribution is -0.384. The summed E-state index contributed by atoms with van der Waals surface area (Å²) >= 11 is 1.38. The number of benzene rings is 2. The Morgan fingerprint density at radius 1 is 1.15 bits per heavy atom. The summed E-state index contributed by atoms with van der Waals surface area (Å²) in [5.41, 5.74) is 6.45. The normalized spacial score (nSPS) is 11.0. The van der Waals surface area contributed by atoms with Crippen LogP contribution in [0.5, 0.6) is 11.5 Å². The van der Waals surface area contributed by atoms with Gasteiger partial charge in [0, 0.05) is 17.5 Å². The quantitative estimate of drug-likeness (QED) is 0.234. The third-order valence-corrected chi connectivity index (χ3v) is 5.47. The van der Waals surface area contributed by atoms with Crippen molar-refractivity contribution in [3.63, 3.8) is 0 Å². The van der Waals surface area contributed by atoms with Crippen LogP contribution in [0.4, 0.5) is 10.8 Å². The van der Waals surface area contributed by atoms with Crippen molar-refractivity contribution >= 4 is 28.4 Å². The minimum Gasteiger partial charge on any atom is -0.493 e. The van der Waals surface area contributed by atoms with Crippen molar-refractivity contribution in [2.75, 3.05) is 19.6 Å². The lowest BCUT2D eigenvalue weighted by Gasteiger charge is -2.07. The van der Waals surface area contributed by atoms with Gasteiger partial charge in [-0.3, -0.25) is 15.5 Å². The molecule has 11 nitrogen and oxygen atoms in total. The second-order valence-corrected chi connectivity index (χ2v) is 7.59. The van der Waals surface area contributed by atoms with Gasteiger partial charge in [-0.25, -0.2) is 9.67 Å². The summed E-state index contributed by atoms with van der Waals surface area (Å²) in [5, 5.41) is 25.9. The number of non-ortho nitro benzene ring substituents is 1. The molecule has 0 unspecified atom stereocenters. The number of anilines is 1. The van der Waals surface area contributed by atoms with E-state index in [4.69, 9.17) is 9.47 Å². The van der Waals surface area contributed by atoms with Crippen molar-refractivity contribution in [1.29, 1.82) is 0 Å². The Labute approximate surface area is 192 Å². The molecule has 2 aromatic heterocycles. The van der Waals surface area contributed by atoms with Crippen molar-refractivity contribution in [3.8, 4) is 28.6 Å². The highest BCUT2D eigenvalue weighted by Gasteiger charge is 2.16. The van der Waals surface area contributed by atoms with Crippen LogP contribution in [0.3, 0.4) is 0 Å². The van der Waals surface area contributed by atoms with E-state index in [1.807, 2.05) is 24.4 Å². The molecule has 0 saturated carbocycles. The third kappa shape index (κ3) is 4.65. The predicted molar refractivity (Wildman–Crippen MR) is 125 cm³/mol. The van der Waals surface area contributed by atoms with Gasteiger partial charge >= 0.3 is 0 Å². The van der Waals surface area contributed by atoms with Gasteiger partial charge in [0.2, 0.25) is 5.13 Å². The molecule has 0 aliphatic carbocycles. The van der Waals surface area contributed by atoms with E-state index in [1.165, 1.54) is 23.5 Å². The van der Waals surface area contributed by atoms with E-state index < -0.39 is 4.92 Å². The topological polar surface area (TPSA) is 130 Å². The Morgan fingerprint density at radius 3 is 2.61 bits per heavy atom. The number of aromatic nitrogens is 4. The van der Waals surface area contributed by atoms with Crippen LogP contribution in [0.25, 0.3) is 17.1 Å². The predicted octanol–water partition coefficient (Wildman–Crippen LogP) is 4.07. The summed E-state index contributed by atoms with van der Waals surface area (Å²) in [5.74, 6) is 1.26. The lowest BCUT2D eigenvalue weighted by atomic mass is 10.2. The minimum atomic E-state index is -0.444. The van der Waals surface area contributed by atoms with E-state index >= 15 is 0 Å². The fourth-order valence-corrected chi connectivity index (χ4v) is 3.70. The van der Waals surface area contributed by atoms with Crippen molar-refractivity contribution < 1.29 is 14.4 Å². The minimum absolute atomic E-state index is 0.0144. The maximum atomic E-state index is 10.9. The molecular weight excluding hydrogens is 446 g/mol. The van der Waals surface area contributed by atoms with Gasteiger partial charge in [0.15, 0.2) is 11.5 Å². The van der Waals surface area contributed by atoms with Crippen LogP contribution in [-0.2, 0) is 0 Å². The maximum absolute atomic E-state index is 10.9. The molecule has 0 aliphatic heterocycles. The Morgan fingerprint density at radius 2 is 1.91 bits per heavy atom. The number of hydrogen-bond donors (Lipinski definition) is 1. The number of rotatable bonds is 8. The zero-order chi connectivity index (χ0) is 23.4. The molecule has 0 fully saturated rings. The number of hydrogen-bond acceptors (Lipinski definition) is 10. The number of hydrazone groups is 1. The number of thiazole rings is 1. The summed E-state index contributed by atoms with van der Waals surface area (Å²) in [6.45, 7) is 1.86. The third-order valence-electron chi connectivity index (χ3n) is 4.73. The average Bonchev–Trinajstić information content (AvgIpc) is 3.45. The van der Waals surface area contributed by atoms with E-state index in [0.717, 1.165) is 11.3 Å². The van der Waals surface area contributed by atoms with Crippen LogP contribution in [0.1, 0.15) is 11.3 Å². The molecule has 0 atom stereocenters. The second-order valence-electron chi connectivity index (χ2n) is 6.73. The van der Waals surface area contributed by atoms with Gasteiger partial charge in [-0.2, -0.15) is 5.10 Å². The molecule has 2 heterocycles. The van der Waals surface area contributed by atoms with Crippen LogP contribution < -0.4 is 14.9 Å². The molecule has 4 aromatic rings. The van der Waals surface area contributed by atoms with Crippen molar-refractivity contribution in [1.82, 2.24) is 20.0 Å². The standard InChI is InChI=1S/C21H19N7O4S/c1-13-20(24-26-27(13)15-5-7-16(8-6-15)28(29)30)17-12-33-21(23-17)25-22-11-14-4-9-18(31-2)19(10-14)32-3/h4-12H,1-3H3,(H,23,25)/b22-11+. The molecule has 0 radical (unpaired) electrons. The average molecular weight is 465 g/mol. The monoisotopic (exact) mass is 465 g/mol.